The third kappa shape index (κ3) is 2.95. The van der Waals surface area contributed by atoms with Gasteiger partial charge in [-0.15, -0.1) is 0 Å². The van der Waals surface area contributed by atoms with Crippen LogP contribution in [0.4, 0.5) is 8.78 Å². The van der Waals surface area contributed by atoms with Crippen molar-refractivity contribution in [3.8, 4) is 0 Å². The number of nitrogens with zero attached hydrogens (tertiary/aromatic N) is 1. The van der Waals surface area contributed by atoms with Gasteiger partial charge in [-0.1, -0.05) is 23.9 Å². The highest BCUT2D eigenvalue weighted by Crippen LogP contribution is 2.21. The molecule has 21 heavy (non-hydrogen) atoms. The van der Waals surface area contributed by atoms with Crippen molar-refractivity contribution in [1.82, 2.24) is 9.97 Å². The molecule has 0 atom stereocenters. The number of benzene rings is 2. The number of H-pyrrole nitrogens is 1. The molecule has 0 saturated carbocycles. The number of aromatic nitrogens is 2. The summed E-state index contributed by atoms with van der Waals surface area (Å²) in [4.78, 5) is 19.3. The molecule has 3 nitrogen and oxygen atoms in total. The molecule has 0 radical (unpaired) electrons. The van der Waals surface area contributed by atoms with Crippen LogP contribution < -0.4 is 0 Å². The highest BCUT2D eigenvalue weighted by Gasteiger charge is 2.14. The Morgan fingerprint density at radius 1 is 1.19 bits per heavy atom. The smallest absolute Gasteiger partial charge is 0.176 e. The lowest BCUT2D eigenvalue weighted by atomic mass is 10.1. The maximum absolute atomic E-state index is 13.5. The Labute approximate surface area is 123 Å². The lowest BCUT2D eigenvalue weighted by molar-refractivity contribution is 0.101. The van der Waals surface area contributed by atoms with Crippen LogP contribution >= 0.6 is 11.8 Å². The number of rotatable bonds is 4. The average Bonchev–Trinajstić information content (AvgIpc) is 2.90. The number of para-hydroxylation sites is 2. The first-order valence-electron chi connectivity index (χ1n) is 6.19. The Hall–Kier alpha value is -2.21. The minimum Gasteiger partial charge on any atom is -0.333 e. The predicted octanol–water partition coefficient (Wildman–Crippen LogP) is 3.82. The van der Waals surface area contributed by atoms with Crippen LogP contribution in [0, 0.1) is 11.6 Å². The number of hydrogen-bond acceptors (Lipinski definition) is 3. The molecule has 0 saturated heterocycles. The van der Waals surface area contributed by atoms with E-state index in [0.717, 1.165) is 41.0 Å². The van der Waals surface area contributed by atoms with Crippen LogP contribution in [-0.4, -0.2) is 21.5 Å². The molecule has 0 fully saturated rings. The van der Waals surface area contributed by atoms with E-state index in [1.165, 1.54) is 0 Å². The fourth-order valence-electron chi connectivity index (χ4n) is 1.92. The molecule has 3 rings (SSSR count). The monoisotopic (exact) mass is 304 g/mol. The van der Waals surface area contributed by atoms with E-state index in [0.29, 0.717) is 5.16 Å². The Morgan fingerprint density at radius 3 is 2.81 bits per heavy atom. The van der Waals surface area contributed by atoms with Crippen molar-refractivity contribution >= 4 is 28.6 Å². The van der Waals surface area contributed by atoms with Crippen molar-refractivity contribution in [2.75, 3.05) is 5.75 Å². The van der Waals surface area contributed by atoms with Gasteiger partial charge in [0, 0.05) is 0 Å². The van der Waals surface area contributed by atoms with E-state index >= 15 is 0 Å². The minimum atomic E-state index is -0.716. The largest absolute Gasteiger partial charge is 0.333 e. The van der Waals surface area contributed by atoms with Gasteiger partial charge in [0.25, 0.3) is 0 Å². The second kappa shape index (κ2) is 5.65. The summed E-state index contributed by atoms with van der Waals surface area (Å²) in [5.74, 6) is -1.84. The number of fused-ring (bicyclic) bond motifs is 1. The van der Waals surface area contributed by atoms with Crippen molar-refractivity contribution in [3.05, 3.63) is 59.7 Å². The SMILES string of the molecule is O=C(CSc1nc2ccccc2[nH]1)c1cc(F)ccc1F. The Morgan fingerprint density at radius 2 is 2.00 bits per heavy atom. The van der Waals surface area contributed by atoms with Crippen LogP contribution in [0.15, 0.2) is 47.6 Å². The van der Waals surface area contributed by atoms with Crippen molar-refractivity contribution in [2.24, 2.45) is 0 Å². The zero-order valence-electron chi connectivity index (χ0n) is 10.8. The van der Waals surface area contributed by atoms with Gasteiger partial charge in [-0.25, -0.2) is 13.8 Å². The van der Waals surface area contributed by atoms with E-state index in [-0.39, 0.29) is 11.3 Å². The fraction of sp³-hybridized carbons (Fsp3) is 0.0667. The van der Waals surface area contributed by atoms with E-state index < -0.39 is 17.4 Å². The van der Waals surface area contributed by atoms with Gasteiger partial charge in [0.1, 0.15) is 11.6 Å². The maximum Gasteiger partial charge on any atom is 0.176 e. The Balaban J connectivity index is 1.74. The summed E-state index contributed by atoms with van der Waals surface area (Å²) in [6.07, 6.45) is 0. The van der Waals surface area contributed by atoms with Gasteiger partial charge in [0.05, 0.1) is 22.3 Å². The van der Waals surface area contributed by atoms with Gasteiger partial charge < -0.3 is 4.98 Å². The second-order valence-corrected chi connectivity index (χ2v) is 5.36. The molecule has 1 N–H and O–H groups in total. The van der Waals surface area contributed by atoms with Crippen molar-refractivity contribution < 1.29 is 13.6 Å². The lowest BCUT2D eigenvalue weighted by Gasteiger charge is -2.01. The molecular formula is C15H10F2N2OS. The number of hydrogen-bond donors (Lipinski definition) is 1. The average molecular weight is 304 g/mol. The molecule has 1 aromatic heterocycles. The molecule has 3 aromatic rings. The molecule has 0 aliphatic carbocycles. The molecule has 0 aliphatic rings. The summed E-state index contributed by atoms with van der Waals surface area (Å²) in [6, 6.07) is 10.3. The summed E-state index contributed by atoms with van der Waals surface area (Å²) in [6.45, 7) is 0. The number of Topliss-reactive ketones (excluding diaryl/α,β-unsaturated/α-hetero) is 1. The standard InChI is InChI=1S/C15H10F2N2OS/c16-9-5-6-11(17)10(7-9)14(20)8-21-15-18-12-3-1-2-4-13(12)19-15/h1-7H,8H2,(H,18,19). The number of aromatic amines is 1. The lowest BCUT2D eigenvalue weighted by Crippen LogP contribution is -2.06. The van der Waals surface area contributed by atoms with E-state index in [2.05, 4.69) is 9.97 Å². The molecule has 0 aliphatic heterocycles. The summed E-state index contributed by atoms with van der Waals surface area (Å²) < 4.78 is 26.6. The normalized spacial score (nSPS) is 11.0. The van der Waals surface area contributed by atoms with Crippen LogP contribution in [0.3, 0.4) is 0 Å². The summed E-state index contributed by atoms with van der Waals surface area (Å²) >= 11 is 1.16. The van der Waals surface area contributed by atoms with Gasteiger partial charge >= 0.3 is 0 Å². The Bertz CT molecular complexity index is 783. The molecule has 0 spiro atoms. The number of carbonyl (C=O) groups excluding carboxylic acids is 1. The minimum absolute atomic E-state index is 0.0137. The van der Waals surface area contributed by atoms with Gasteiger partial charge in [-0.2, -0.15) is 0 Å². The number of carbonyl (C=O) groups is 1. The number of nitrogens with one attached hydrogen (secondary N) is 1. The molecule has 0 bridgehead atoms. The maximum atomic E-state index is 13.5. The first-order chi connectivity index (χ1) is 10.1. The molecule has 0 unspecified atom stereocenters. The summed E-state index contributed by atoms with van der Waals surface area (Å²) in [5, 5.41) is 0.571. The van der Waals surface area contributed by atoms with Crippen LogP contribution in [0.5, 0.6) is 0 Å². The first-order valence-corrected chi connectivity index (χ1v) is 7.18. The fourth-order valence-corrected chi connectivity index (χ4v) is 2.69. The Kier molecular flexibility index (Phi) is 3.70. The van der Waals surface area contributed by atoms with Gasteiger partial charge in [0.2, 0.25) is 0 Å². The summed E-state index contributed by atoms with van der Waals surface area (Å²) in [7, 11) is 0. The van der Waals surface area contributed by atoms with E-state index in [9.17, 15) is 13.6 Å². The van der Waals surface area contributed by atoms with Crippen LogP contribution in [0.1, 0.15) is 10.4 Å². The highest BCUT2D eigenvalue weighted by atomic mass is 32.2. The highest BCUT2D eigenvalue weighted by molar-refractivity contribution is 7.99. The van der Waals surface area contributed by atoms with E-state index in [1.54, 1.807) is 0 Å². The molecule has 106 valence electrons. The van der Waals surface area contributed by atoms with Gasteiger partial charge in [0.15, 0.2) is 10.9 Å². The third-order valence-electron chi connectivity index (χ3n) is 2.94. The third-order valence-corrected chi connectivity index (χ3v) is 3.81. The quantitative estimate of drug-likeness (QED) is 0.589. The second-order valence-electron chi connectivity index (χ2n) is 4.40. The van der Waals surface area contributed by atoms with Crippen molar-refractivity contribution in [2.45, 2.75) is 5.16 Å². The number of imidazole rings is 1. The zero-order chi connectivity index (χ0) is 14.8. The molecule has 2 aromatic carbocycles. The number of thioether (sulfide) groups is 1. The van der Waals surface area contributed by atoms with Crippen molar-refractivity contribution in [3.63, 3.8) is 0 Å². The van der Waals surface area contributed by atoms with E-state index in [1.807, 2.05) is 24.3 Å². The zero-order valence-corrected chi connectivity index (χ0v) is 11.6. The van der Waals surface area contributed by atoms with Crippen molar-refractivity contribution in [1.29, 1.82) is 0 Å². The summed E-state index contributed by atoms with van der Waals surface area (Å²) in [5.41, 5.74) is 1.42. The number of ketones is 1. The van der Waals surface area contributed by atoms with Crippen LogP contribution in [-0.2, 0) is 0 Å². The molecular weight excluding hydrogens is 294 g/mol. The van der Waals surface area contributed by atoms with Gasteiger partial charge in [-0.05, 0) is 30.3 Å². The number of halogens is 2. The van der Waals surface area contributed by atoms with Gasteiger partial charge in [-0.3, -0.25) is 4.79 Å². The van der Waals surface area contributed by atoms with Crippen LogP contribution in [0.25, 0.3) is 11.0 Å². The first kappa shape index (κ1) is 13.8. The molecule has 6 heteroatoms. The predicted molar refractivity (Wildman–Crippen MR) is 77.5 cm³/mol. The van der Waals surface area contributed by atoms with E-state index in [4.69, 9.17) is 0 Å². The van der Waals surface area contributed by atoms with Crippen LogP contribution in [0.2, 0.25) is 0 Å². The molecule has 0 amide bonds. The topological polar surface area (TPSA) is 45.8 Å². The molecule has 1 heterocycles.